The number of alkyl halides is 15. The molecule has 19 heteroatoms. The van der Waals surface area contributed by atoms with E-state index in [1.807, 2.05) is 0 Å². The van der Waals surface area contributed by atoms with Crippen molar-refractivity contribution in [2.45, 2.75) is 47.8 Å². The molecule has 0 aromatic carbocycles. The zero-order chi connectivity index (χ0) is 24.8. The van der Waals surface area contributed by atoms with Crippen molar-refractivity contribution in [2.75, 3.05) is 21.3 Å². The third-order valence-corrected chi connectivity index (χ3v) is 6.51. The Balaban J connectivity index is 6.55. The Morgan fingerprint density at radius 2 is 0.733 bits per heavy atom. The summed E-state index contributed by atoms with van der Waals surface area (Å²) in [4.78, 5) is 0. The number of halogens is 15. The van der Waals surface area contributed by atoms with E-state index in [1.165, 1.54) is 0 Å². The average molecular weight is 504 g/mol. The first kappa shape index (κ1) is 29.0. The minimum atomic E-state index is -8.33. The molecule has 0 aliphatic rings. The second kappa shape index (κ2) is 7.87. The molecule has 0 aliphatic carbocycles. The van der Waals surface area contributed by atoms with E-state index >= 15 is 0 Å². The SMILES string of the molecule is CO[Si](CC(F)(F)C(F)(F)C(F)(F)C(F)(F)C(F)(F)C(F)(F)C(F)(F)F)(OC)OC. The van der Waals surface area contributed by atoms with E-state index in [4.69, 9.17) is 0 Å². The van der Waals surface area contributed by atoms with Gasteiger partial charge >= 0.3 is 50.5 Å². The van der Waals surface area contributed by atoms with Crippen LogP contribution in [-0.4, -0.2) is 71.8 Å². The third-order valence-electron chi connectivity index (χ3n) is 3.76. The maximum absolute atomic E-state index is 13.8. The Bertz CT molecular complexity index is 591. The quantitative estimate of drug-likeness (QED) is 0.301. The highest BCUT2D eigenvalue weighted by molar-refractivity contribution is 6.60. The van der Waals surface area contributed by atoms with Crippen LogP contribution in [0.4, 0.5) is 65.9 Å². The van der Waals surface area contributed by atoms with Crippen LogP contribution < -0.4 is 0 Å². The average Bonchev–Trinajstić information content (AvgIpc) is 2.57. The second-order valence-corrected chi connectivity index (χ2v) is 8.49. The molecule has 0 N–H and O–H groups in total. The number of hydrogen-bond acceptors (Lipinski definition) is 3. The number of hydrogen-bond donors (Lipinski definition) is 0. The van der Waals surface area contributed by atoms with Crippen molar-refractivity contribution in [3.63, 3.8) is 0 Å². The molecule has 0 bridgehead atoms. The van der Waals surface area contributed by atoms with Crippen LogP contribution in [0.1, 0.15) is 0 Å². The van der Waals surface area contributed by atoms with E-state index in [0.29, 0.717) is 21.3 Å². The van der Waals surface area contributed by atoms with Gasteiger partial charge in [0.2, 0.25) is 0 Å². The van der Waals surface area contributed by atoms with Crippen molar-refractivity contribution >= 4 is 8.80 Å². The Labute approximate surface area is 158 Å². The topological polar surface area (TPSA) is 27.7 Å². The molecule has 3 nitrogen and oxygen atoms in total. The van der Waals surface area contributed by atoms with Crippen LogP contribution in [0, 0.1) is 0 Å². The van der Waals surface area contributed by atoms with E-state index in [1.54, 1.807) is 0 Å². The van der Waals surface area contributed by atoms with Gasteiger partial charge in [0, 0.05) is 21.3 Å². The van der Waals surface area contributed by atoms with Crippen LogP contribution in [0.15, 0.2) is 0 Å². The minimum Gasteiger partial charge on any atom is -0.377 e. The molecule has 0 amide bonds. The van der Waals surface area contributed by atoms with Crippen LogP contribution in [0.25, 0.3) is 0 Å². The van der Waals surface area contributed by atoms with Gasteiger partial charge in [-0.15, -0.1) is 0 Å². The first-order chi connectivity index (χ1) is 12.9. The standard InChI is InChI=1S/C11H11F15O3Si/c1-27-30(28-2,29-3)4-5(12,13)6(14,15)7(16,17)8(18,19)9(20,21)10(22,23)11(24,25)26/h4H2,1-3H3. The summed E-state index contributed by atoms with van der Waals surface area (Å²) in [6.07, 6.45) is -7.64. The molecule has 0 atom stereocenters. The summed E-state index contributed by atoms with van der Waals surface area (Å²) in [5.74, 6) is -46.9. The Morgan fingerprint density at radius 3 is 1.00 bits per heavy atom. The summed E-state index contributed by atoms with van der Waals surface area (Å²) in [7, 11) is -3.67. The van der Waals surface area contributed by atoms with Crippen molar-refractivity contribution in [3.05, 3.63) is 0 Å². The van der Waals surface area contributed by atoms with Gasteiger partial charge in [0.15, 0.2) is 0 Å². The largest absolute Gasteiger partial charge is 0.506 e. The van der Waals surface area contributed by atoms with Crippen LogP contribution in [0.3, 0.4) is 0 Å². The van der Waals surface area contributed by atoms with Crippen LogP contribution in [-0.2, 0) is 13.3 Å². The lowest BCUT2D eigenvalue weighted by Crippen LogP contribution is -2.73. The fraction of sp³-hybridized carbons (Fsp3) is 1.00. The van der Waals surface area contributed by atoms with Crippen molar-refractivity contribution < 1.29 is 79.1 Å². The molecule has 0 heterocycles. The number of rotatable bonds is 10. The van der Waals surface area contributed by atoms with Gasteiger partial charge in [-0.2, -0.15) is 65.9 Å². The Morgan fingerprint density at radius 1 is 0.467 bits per heavy atom. The lowest BCUT2D eigenvalue weighted by molar-refractivity contribution is -0.451. The van der Waals surface area contributed by atoms with E-state index in [2.05, 4.69) is 13.3 Å². The molecule has 182 valence electrons. The maximum Gasteiger partial charge on any atom is 0.506 e. The summed E-state index contributed by atoms with van der Waals surface area (Å²) in [6, 6.07) is -2.77. The van der Waals surface area contributed by atoms with E-state index in [0.717, 1.165) is 0 Å². The van der Waals surface area contributed by atoms with Gasteiger partial charge < -0.3 is 13.3 Å². The molecule has 0 saturated carbocycles. The summed E-state index contributed by atoms with van der Waals surface area (Å²) >= 11 is 0. The van der Waals surface area contributed by atoms with Gasteiger partial charge in [-0.1, -0.05) is 0 Å². The predicted octanol–water partition coefficient (Wildman–Crippen LogP) is 5.24. The van der Waals surface area contributed by atoms with Gasteiger partial charge in [0.05, 0.1) is 6.04 Å². The summed E-state index contributed by atoms with van der Waals surface area (Å²) in [6.45, 7) is 0. The third kappa shape index (κ3) is 3.96. The van der Waals surface area contributed by atoms with Gasteiger partial charge in [-0.05, 0) is 0 Å². The second-order valence-electron chi connectivity index (χ2n) is 5.55. The van der Waals surface area contributed by atoms with E-state index < -0.39 is 56.6 Å². The normalized spacial score (nSPS) is 16.2. The van der Waals surface area contributed by atoms with Gasteiger partial charge in [0.25, 0.3) is 0 Å². The summed E-state index contributed by atoms with van der Waals surface area (Å²) < 4.78 is 208. The zero-order valence-corrected chi connectivity index (χ0v) is 15.6. The summed E-state index contributed by atoms with van der Waals surface area (Å²) in [5, 5.41) is 0. The van der Waals surface area contributed by atoms with Gasteiger partial charge in [0.1, 0.15) is 0 Å². The van der Waals surface area contributed by atoms with Crippen LogP contribution in [0.2, 0.25) is 6.04 Å². The molecule has 0 unspecified atom stereocenters. The van der Waals surface area contributed by atoms with Crippen molar-refractivity contribution in [1.82, 2.24) is 0 Å². The molecule has 0 rings (SSSR count). The van der Waals surface area contributed by atoms with E-state index in [-0.39, 0.29) is 0 Å². The molecule has 30 heavy (non-hydrogen) atoms. The molecule has 0 saturated heterocycles. The predicted molar refractivity (Wildman–Crippen MR) is 67.3 cm³/mol. The van der Waals surface area contributed by atoms with Crippen molar-refractivity contribution in [2.24, 2.45) is 0 Å². The Kier molecular flexibility index (Phi) is 7.62. The first-order valence-corrected chi connectivity index (χ1v) is 8.81. The van der Waals surface area contributed by atoms with Crippen molar-refractivity contribution in [3.8, 4) is 0 Å². The molecule has 0 spiro atoms. The van der Waals surface area contributed by atoms with Crippen LogP contribution in [0.5, 0.6) is 0 Å². The molecule has 0 radical (unpaired) electrons. The van der Waals surface area contributed by atoms with Gasteiger partial charge in [-0.25, -0.2) is 0 Å². The molecular formula is C11H11F15O3Si. The molecular weight excluding hydrogens is 493 g/mol. The maximum atomic E-state index is 13.8. The van der Waals surface area contributed by atoms with Gasteiger partial charge in [-0.3, -0.25) is 0 Å². The van der Waals surface area contributed by atoms with Crippen LogP contribution >= 0.6 is 0 Å². The molecule has 0 aliphatic heterocycles. The Hall–Kier alpha value is -0.953. The zero-order valence-electron chi connectivity index (χ0n) is 14.6. The molecule has 0 aromatic rings. The summed E-state index contributed by atoms with van der Waals surface area (Å²) in [5.41, 5.74) is 0. The smallest absolute Gasteiger partial charge is 0.377 e. The minimum absolute atomic E-state index is 0.457. The molecule has 0 aromatic heterocycles. The highest BCUT2D eigenvalue weighted by atomic mass is 28.4. The first-order valence-electron chi connectivity index (χ1n) is 6.88. The highest BCUT2D eigenvalue weighted by Gasteiger charge is 2.93. The monoisotopic (exact) mass is 504 g/mol. The van der Waals surface area contributed by atoms with Crippen molar-refractivity contribution in [1.29, 1.82) is 0 Å². The van der Waals surface area contributed by atoms with E-state index in [9.17, 15) is 65.9 Å². The fourth-order valence-electron chi connectivity index (χ4n) is 1.85. The highest BCUT2D eigenvalue weighted by Crippen LogP contribution is 2.63. The lowest BCUT2D eigenvalue weighted by Gasteiger charge is -2.42. The fourth-order valence-corrected chi connectivity index (χ4v) is 3.55. The molecule has 0 fully saturated rings. The lowest BCUT2D eigenvalue weighted by atomic mass is 9.91.